The number of esters is 1. The van der Waals surface area contributed by atoms with Crippen LogP contribution in [0.1, 0.15) is 18.6 Å². The molecule has 0 aliphatic heterocycles. The number of nitrogens with one attached hydrogen (secondary N) is 1. The molecule has 1 atom stereocenters. The first-order chi connectivity index (χ1) is 8.04. The van der Waals surface area contributed by atoms with Crippen molar-refractivity contribution in [1.29, 1.82) is 0 Å². The zero-order chi connectivity index (χ0) is 12.8. The number of rotatable bonds is 5. The van der Waals surface area contributed by atoms with Gasteiger partial charge in [0.2, 0.25) is 11.8 Å². The lowest BCUT2D eigenvalue weighted by molar-refractivity contribution is -0.148. The second kappa shape index (κ2) is 6.00. The monoisotopic (exact) mass is 241 g/mol. The molecular weight excluding hydrogens is 226 g/mol. The highest BCUT2D eigenvalue weighted by Gasteiger charge is 2.23. The number of aromatic nitrogens is 1. The summed E-state index contributed by atoms with van der Waals surface area (Å²) in [6.07, 6.45) is 1.53. The Kier molecular flexibility index (Phi) is 4.65. The van der Waals surface area contributed by atoms with Crippen LogP contribution in [0.25, 0.3) is 0 Å². The number of hydrogen-bond acceptors (Lipinski definition) is 6. The van der Waals surface area contributed by atoms with Gasteiger partial charge in [0, 0.05) is 0 Å². The van der Waals surface area contributed by atoms with Crippen LogP contribution in [0, 0.1) is 6.92 Å². The molecule has 0 radical (unpaired) electrons. The van der Waals surface area contributed by atoms with Crippen molar-refractivity contribution in [2.24, 2.45) is 5.73 Å². The maximum absolute atomic E-state index is 11.4. The molecule has 17 heavy (non-hydrogen) atoms. The number of carbonyl (C=O) groups is 2. The van der Waals surface area contributed by atoms with Crippen LogP contribution >= 0.6 is 0 Å². The van der Waals surface area contributed by atoms with Crippen LogP contribution in [0.2, 0.25) is 0 Å². The van der Waals surface area contributed by atoms with Crippen molar-refractivity contribution >= 4 is 11.9 Å². The lowest BCUT2D eigenvalue weighted by atomic mass is 10.3. The Labute approximate surface area is 98.3 Å². The average Bonchev–Trinajstić information content (AvgIpc) is 2.71. The number of oxazole rings is 1. The van der Waals surface area contributed by atoms with Crippen molar-refractivity contribution in [3.63, 3.8) is 0 Å². The molecule has 0 spiro atoms. The third-order valence-electron chi connectivity index (χ3n) is 1.91. The molecule has 0 aromatic carbocycles. The maximum Gasteiger partial charge on any atom is 0.332 e. The summed E-state index contributed by atoms with van der Waals surface area (Å²) in [5, 5.41) is 2.43. The van der Waals surface area contributed by atoms with E-state index in [1.165, 1.54) is 6.20 Å². The molecule has 1 heterocycles. The molecule has 1 rings (SSSR count). The second-order valence-electron chi connectivity index (χ2n) is 3.31. The summed E-state index contributed by atoms with van der Waals surface area (Å²) in [5.74, 6) is -0.385. The van der Waals surface area contributed by atoms with Crippen LogP contribution in [-0.4, -0.2) is 29.5 Å². The Morgan fingerprint density at radius 2 is 2.35 bits per heavy atom. The highest BCUT2D eigenvalue weighted by Crippen LogP contribution is 2.00. The van der Waals surface area contributed by atoms with Crippen molar-refractivity contribution in [3.05, 3.63) is 17.8 Å². The number of nitrogens with two attached hydrogens (primary N) is 1. The Bertz CT molecular complexity index is 402. The lowest BCUT2D eigenvalue weighted by Gasteiger charge is -2.09. The van der Waals surface area contributed by atoms with Crippen molar-refractivity contribution < 1.29 is 18.7 Å². The number of amides is 1. The van der Waals surface area contributed by atoms with E-state index in [0.29, 0.717) is 11.7 Å². The predicted octanol–water partition coefficient (Wildman–Crippen LogP) is -0.510. The molecule has 0 fully saturated rings. The van der Waals surface area contributed by atoms with Gasteiger partial charge in [-0.1, -0.05) is 0 Å². The number of carbonyl (C=O) groups excluding carboxylic acids is 2. The SMILES string of the molecule is CCOC(=O)C(N)C(=O)NCc1ncc(C)o1. The minimum Gasteiger partial charge on any atom is -0.464 e. The molecule has 1 aromatic heterocycles. The first-order valence-electron chi connectivity index (χ1n) is 5.15. The Morgan fingerprint density at radius 1 is 1.65 bits per heavy atom. The van der Waals surface area contributed by atoms with E-state index >= 15 is 0 Å². The lowest BCUT2D eigenvalue weighted by Crippen LogP contribution is -2.46. The summed E-state index contributed by atoms with van der Waals surface area (Å²) in [6.45, 7) is 3.64. The fourth-order valence-corrected chi connectivity index (χ4v) is 1.09. The molecule has 0 bridgehead atoms. The molecule has 1 amide bonds. The average molecular weight is 241 g/mol. The summed E-state index contributed by atoms with van der Waals surface area (Å²) in [6, 6.07) is -1.33. The van der Waals surface area contributed by atoms with Crippen molar-refractivity contribution in [3.8, 4) is 0 Å². The predicted molar refractivity (Wildman–Crippen MR) is 57.7 cm³/mol. The molecule has 7 nitrogen and oxygen atoms in total. The van der Waals surface area contributed by atoms with Gasteiger partial charge in [0.25, 0.3) is 0 Å². The smallest absolute Gasteiger partial charge is 0.332 e. The highest BCUT2D eigenvalue weighted by atomic mass is 16.5. The molecule has 0 aliphatic rings. The van der Waals surface area contributed by atoms with Gasteiger partial charge in [0.15, 0.2) is 6.04 Å². The Hall–Kier alpha value is -1.89. The maximum atomic E-state index is 11.4. The minimum atomic E-state index is -1.33. The molecular formula is C10H15N3O4. The van der Waals surface area contributed by atoms with Crippen LogP contribution < -0.4 is 11.1 Å². The third kappa shape index (κ3) is 3.87. The van der Waals surface area contributed by atoms with Gasteiger partial charge < -0.3 is 20.2 Å². The van der Waals surface area contributed by atoms with Gasteiger partial charge in [-0.25, -0.2) is 9.78 Å². The Morgan fingerprint density at radius 3 is 2.88 bits per heavy atom. The number of aryl methyl sites for hydroxylation is 1. The van der Waals surface area contributed by atoms with Gasteiger partial charge in [0.05, 0.1) is 19.3 Å². The third-order valence-corrected chi connectivity index (χ3v) is 1.91. The molecule has 7 heteroatoms. The van der Waals surface area contributed by atoms with E-state index in [0.717, 1.165) is 0 Å². The summed E-state index contributed by atoms with van der Waals surface area (Å²) in [5.41, 5.74) is 5.38. The van der Waals surface area contributed by atoms with Gasteiger partial charge in [-0.2, -0.15) is 0 Å². The van der Waals surface area contributed by atoms with Crippen molar-refractivity contribution in [1.82, 2.24) is 10.3 Å². The molecule has 94 valence electrons. The summed E-state index contributed by atoms with van der Waals surface area (Å²) in [4.78, 5) is 26.5. The topological polar surface area (TPSA) is 107 Å². The fraction of sp³-hybridized carbons (Fsp3) is 0.500. The van der Waals surface area contributed by atoms with Gasteiger partial charge in [0.1, 0.15) is 5.76 Å². The van der Waals surface area contributed by atoms with Crippen LogP contribution in [0.4, 0.5) is 0 Å². The Balaban J connectivity index is 2.41. The summed E-state index contributed by atoms with van der Waals surface area (Å²) in [7, 11) is 0. The molecule has 3 N–H and O–H groups in total. The van der Waals surface area contributed by atoms with E-state index < -0.39 is 17.9 Å². The molecule has 1 unspecified atom stereocenters. The van der Waals surface area contributed by atoms with Crippen molar-refractivity contribution in [2.45, 2.75) is 26.4 Å². The minimum absolute atomic E-state index is 0.0831. The first-order valence-corrected chi connectivity index (χ1v) is 5.15. The van der Waals surface area contributed by atoms with Crippen molar-refractivity contribution in [2.75, 3.05) is 6.61 Å². The zero-order valence-electron chi connectivity index (χ0n) is 9.73. The summed E-state index contributed by atoms with van der Waals surface area (Å²) < 4.78 is 9.76. The van der Waals surface area contributed by atoms with E-state index in [1.807, 2.05) is 0 Å². The zero-order valence-corrected chi connectivity index (χ0v) is 9.73. The molecule has 1 aromatic rings. The molecule has 0 saturated heterocycles. The standard InChI is InChI=1S/C10H15N3O4/c1-3-16-10(15)8(11)9(14)13-5-7-12-4-6(2)17-7/h4,8H,3,5,11H2,1-2H3,(H,13,14). The van der Waals surface area contributed by atoms with Gasteiger partial charge in [-0.3, -0.25) is 4.79 Å². The van der Waals surface area contributed by atoms with Gasteiger partial charge >= 0.3 is 5.97 Å². The van der Waals surface area contributed by atoms with E-state index in [1.54, 1.807) is 13.8 Å². The number of ether oxygens (including phenoxy) is 1. The van der Waals surface area contributed by atoms with E-state index in [-0.39, 0.29) is 13.2 Å². The summed E-state index contributed by atoms with van der Waals surface area (Å²) >= 11 is 0. The van der Waals surface area contributed by atoms with Gasteiger partial charge in [-0.05, 0) is 13.8 Å². The normalized spacial score (nSPS) is 11.9. The fourth-order valence-electron chi connectivity index (χ4n) is 1.09. The number of nitrogens with zero attached hydrogens (tertiary/aromatic N) is 1. The van der Waals surface area contributed by atoms with Crippen LogP contribution in [0.15, 0.2) is 10.6 Å². The van der Waals surface area contributed by atoms with E-state index in [9.17, 15) is 9.59 Å². The van der Waals surface area contributed by atoms with E-state index in [4.69, 9.17) is 10.2 Å². The highest BCUT2D eigenvalue weighted by molar-refractivity contribution is 6.01. The quantitative estimate of drug-likeness (QED) is 0.531. The van der Waals surface area contributed by atoms with E-state index in [2.05, 4.69) is 15.0 Å². The van der Waals surface area contributed by atoms with Crippen LogP contribution in [0.3, 0.4) is 0 Å². The largest absolute Gasteiger partial charge is 0.464 e. The van der Waals surface area contributed by atoms with Gasteiger partial charge in [-0.15, -0.1) is 0 Å². The molecule has 0 saturated carbocycles. The van der Waals surface area contributed by atoms with Crippen LogP contribution in [-0.2, 0) is 20.9 Å². The number of hydrogen-bond donors (Lipinski definition) is 2. The van der Waals surface area contributed by atoms with Crippen LogP contribution in [0.5, 0.6) is 0 Å². The first kappa shape index (κ1) is 13.2. The second-order valence-corrected chi connectivity index (χ2v) is 3.31. The molecule has 0 aliphatic carbocycles.